The molecule has 18 heavy (non-hydrogen) atoms. The Morgan fingerprint density at radius 3 is 2.72 bits per heavy atom. The number of aliphatic hydroxyl groups is 1. The quantitative estimate of drug-likeness (QED) is 0.502. The zero-order chi connectivity index (χ0) is 13.7. The lowest BCUT2D eigenvalue weighted by Crippen LogP contribution is -2.29. The topological polar surface area (TPSA) is 130 Å². The number of nitrogens with one attached hydrogen (secondary N) is 1. The average molecular weight is 274 g/mol. The Balaban J connectivity index is 2.45. The molecular weight excluding hydrogens is 264 g/mol. The molecule has 8 nitrogen and oxygen atoms in total. The fraction of sp³-hybridized carbons (Fsp3) is 0.333. The van der Waals surface area contributed by atoms with E-state index in [1.807, 2.05) is 0 Å². The lowest BCUT2D eigenvalue weighted by molar-refractivity contribution is -0.380. The number of nitrogens with zero attached hydrogens (tertiary/aromatic N) is 1. The summed E-state index contributed by atoms with van der Waals surface area (Å²) in [5.74, 6) is -1.91. The first-order chi connectivity index (χ1) is 8.41. The lowest BCUT2D eigenvalue weighted by atomic mass is 10.2. The summed E-state index contributed by atoms with van der Waals surface area (Å²) in [6, 6.07) is 1.13. The Morgan fingerprint density at radius 2 is 2.22 bits per heavy atom. The number of carboxylic acids is 1. The van der Waals surface area contributed by atoms with E-state index in [2.05, 4.69) is 5.32 Å². The monoisotopic (exact) mass is 274 g/mol. The molecular formula is C9H10N2O6S. The average Bonchev–Trinajstić information content (AvgIpc) is 2.77. The van der Waals surface area contributed by atoms with Crippen LogP contribution in [0.5, 0.6) is 0 Å². The molecule has 1 aromatic heterocycles. The third-order valence-electron chi connectivity index (χ3n) is 2.02. The van der Waals surface area contributed by atoms with Crippen LogP contribution in [0.1, 0.15) is 16.8 Å². The third kappa shape index (κ3) is 3.79. The molecule has 0 aliphatic rings. The van der Waals surface area contributed by atoms with Crippen LogP contribution in [0.15, 0.2) is 11.4 Å². The van der Waals surface area contributed by atoms with E-state index in [4.69, 9.17) is 10.2 Å². The minimum absolute atomic E-state index is 0.0318. The maximum atomic E-state index is 11.5. The van der Waals surface area contributed by atoms with E-state index in [-0.39, 0.29) is 23.5 Å². The van der Waals surface area contributed by atoms with E-state index in [9.17, 15) is 19.7 Å². The van der Waals surface area contributed by atoms with Crippen LogP contribution in [-0.2, 0) is 4.79 Å². The van der Waals surface area contributed by atoms with Crippen LogP contribution < -0.4 is 5.32 Å². The normalized spacial score (nSPS) is 11.8. The van der Waals surface area contributed by atoms with Gasteiger partial charge in [-0.05, 0) is 0 Å². The molecule has 0 spiro atoms. The summed E-state index contributed by atoms with van der Waals surface area (Å²) in [6.45, 7) is -0.0318. The smallest absolute Gasteiger partial charge is 0.332 e. The number of carbonyl (C=O) groups is 2. The third-order valence-corrected chi connectivity index (χ3v) is 2.90. The first-order valence-corrected chi connectivity index (χ1v) is 5.71. The van der Waals surface area contributed by atoms with Gasteiger partial charge in [-0.25, -0.2) is 4.79 Å². The Bertz CT molecular complexity index is 471. The van der Waals surface area contributed by atoms with Crippen molar-refractivity contribution < 1.29 is 24.7 Å². The molecule has 0 aliphatic heterocycles. The highest BCUT2D eigenvalue weighted by Gasteiger charge is 2.16. The molecule has 0 radical (unpaired) electrons. The zero-order valence-corrected chi connectivity index (χ0v) is 9.85. The lowest BCUT2D eigenvalue weighted by Gasteiger charge is -2.06. The standard InChI is InChI=1S/C9H10N2O6S/c12-6(9(14)15)1-2-10-8(13)5-3-7(11(16)17)18-4-5/h3-4,6,12H,1-2H2,(H,10,13)(H,14,15). The van der Waals surface area contributed by atoms with E-state index in [1.54, 1.807) is 0 Å². The Morgan fingerprint density at radius 1 is 1.56 bits per heavy atom. The number of thiophene rings is 1. The molecule has 3 N–H and O–H groups in total. The van der Waals surface area contributed by atoms with E-state index in [0.717, 1.165) is 17.4 Å². The Hall–Kier alpha value is -2.00. The van der Waals surface area contributed by atoms with Crippen molar-refractivity contribution in [1.29, 1.82) is 0 Å². The summed E-state index contributed by atoms with van der Waals surface area (Å²) in [5, 5.41) is 31.3. The number of carbonyl (C=O) groups excluding carboxylic acids is 1. The van der Waals surface area contributed by atoms with Crippen molar-refractivity contribution >= 4 is 28.2 Å². The number of aliphatic carboxylic acids is 1. The number of hydrogen-bond donors (Lipinski definition) is 3. The van der Waals surface area contributed by atoms with Gasteiger partial charge in [0, 0.05) is 24.4 Å². The van der Waals surface area contributed by atoms with Gasteiger partial charge < -0.3 is 15.5 Å². The highest BCUT2D eigenvalue weighted by atomic mass is 32.1. The largest absolute Gasteiger partial charge is 0.479 e. The van der Waals surface area contributed by atoms with Crippen molar-refractivity contribution in [3.63, 3.8) is 0 Å². The van der Waals surface area contributed by atoms with Crippen molar-refractivity contribution in [2.45, 2.75) is 12.5 Å². The predicted octanol–water partition coefficient (Wildman–Crippen LogP) is 0.222. The molecule has 0 fully saturated rings. The summed E-state index contributed by atoms with van der Waals surface area (Å²) in [5.41, 5.74) is 0.136. The number of hydrogen-bond acceptors (Lipinski definition) is 6. The van der Waals surface area contributed by atoms with Crippen LogP contribution in [0.25, 0.3) is 0 Å². The fourth-order valence-electron chi connectivity index (χ4n) is 1.09. The maximum Gasteiger partial charge on any atom is 0.332 e. The van der Waals surface area contributed by atoms with Crippen LogP contribution in [-0.4, -0.2) is 39.7 Å². The van der Waals surface area contributed by atoms with Gasteiger partial charge in [-0.2, -0.15) is 0 Å². The number of nitro groups is 1. The second kappa shape index (κ2) is 6.07. The van der Waals surface area contributed by atoms with Gasteiger partial charge in [0.05, 0.1) is 10.5 Å². The molecule has 98 valence electrons. The van der Waals surface area contributed by atoms with Crippen molar-refractivity contribution in [3.05, 3.63) is 27.1 Å². The molecule has 1 atom stereocenters. The van der Waals surface area contributed by atoms with Crippen molar-refractivity contribution in [2.24, 2.45) is 0 Å². The van der Waals surface area contributed by atoms with Gasteiger partial charge in [-0.1, -0.05) is 11.3 Å². The van der Waals surface area contributed by atoms with E-state index < -0.39 is 22.9 Å². The van der Waals surface area contributed by atoms with Gasteiger partial charge in [0.15, 0.2) is 6.10 Å². The summed E-state index contributed by atoms with van der Waals surface area (Å²) < 4.78 is 0. The number of amides is 1. The molecule has 1 heterocycles. The van der Waals surface area contributed by atoms with Crippen LogP contribution in [0.4, 0.5) is 5.00 Å². The molecule has 9 heteroatoms. The second-order valence-electron chi connectivity index (χ2n) is 3.33. The van der Waals surface area contributed by atoms with Gasteiger partial charge in [0.25, 0.3) is 5.91 Å². The van der Waals surface area contributed by atoms with Gasteiger partial charge >= 0.3 is 11.0 Å². The summed E-state index contributed by atoms with van der Waals surface area (Å²) in [6.07, 6.45) is -1.67. The molecule has 1 amide bonds. The van der Waals surface area contributed by atoms with Gasteiger partial charge in [0.1, 0.15) is 0 Å². The first kappa shape index (κ1) is 14.1. The zero-order valence-electron chi connectivity index (χ0n) is 9.03. The number of aliphatic hydroxyl groups excluding tert-OH is 1. The highest BCUT2D eigenvalue weighted by Crippen LogP contribution is 2.22. The van der Waals surface area contributed by atoms with Gasteiger partial charge in [0.2, 0.25) is 0 Å². The van der Waals surface area contributed by atoms with Crippen LogP contribution in [0, 0.1) is 10.1 Å². The molecule has 1 rings (SSSR count). The van der Waals surface area contributed by atoms with Crippen LogP contribution >= 0.6 is 11.3 Å². The maximum absolute atomic E-state index is 11.5. The number of carboxylic acid groups (broad SMARTS) is 1. The van der Waals surface area contributed by atoms with E-state index in [1.165, 1.54) is 5.38 Å². The molecule has 0 aliphatic carbocycles. The first-order valence-electron chi connectivity index (χ1n) is 4.84. The van der Waals surface area contributed by atoms with Gasteiger partial charge in [-0.3, -0.25) is 14.9 Å². The van der Waals surface area contributed by atoms with Crippen LogP contribution in [0.2, 0.25) is 0 Å². The number of rotatable bonds is 6. The Labute approximate surface area is 105 Å². The van der Waals surface area contributed by atoms with E-state index >= 15 is 0 Å². The van der Waals surface area contributed by atoms with E-state index in [0.29, 0.717) is 0 Å². The molecule has 1 unspecified atom stereocenters. The fourth-order valence-corrected chi connectivity index (χ4v) is 1.79. The summed E-state index contributed by atoms with van der Waals surface area (Å²) in [4.78, 5) is 31.6. The van der Waals surface area contributed by atoms with Crippen molar-refractivity contribution in [3.8, 4) is 0 Å². The molecule has 0 saturated heterocycles. The summed E-state index contributed by atoms with van der Waals surface area (Å²) in [7, 11) is 0. The molecule has 0 saturated carbocycles. The van der Waals surface area contributed by atoms with Gasteiger partial charge in [-0.15, -0.1) is 0 Å². The molecule has 0 aromatic carbocycles. The highest BCUT2D eigenvalue weighted by molar-refractivity contribution is 7.13. The summed E-state index contributed by atoms with van der Waals surface area (Å²) >= 11 is 0.827. The molecule has 0 bridgehead atoms. The minimum Gasteiger partial charge on any atom is -0.479 e. The van der Waals surface area contributed by atoms with Crippen molar-refractivity contribution in [1.82, 2.24) is 5.32 Å². The Kier molecular flexibility index (Phi) is 4.75. The second-order valence-corrected chi connectivity index (χ2v) is 4.22. The molecule has 1 aromatic rings. The SMILES string of the molecule is O=C(NCCC(O)C(=O)O)c1csc([N+](=O)[O-])c1. The van der Waals surface area contributed by atoms with Crippen molar-refractivity contribution in [2.75, 3.05) is 6.54 Å². The predicted molar refractivity (Wildman–Crippen MR) is 61.6 cm³/mol. The van der Waals surface area contributed by atoms with Crippen LogP contribution in [0.3, 0.4) is 0 Å². The minimum atomic E-state index is -1.54.